The van der Waals surface area contributed by atoms with Crippen LogP contribution in [0.3, 0.4) is 0 Å². The molecular weight excluding hydrogens is 312 g/mol. The lowest BCUT2D eigenvalue weighted by Crippen LogP contribution is -2.22. The van der Waals surface area contributed by atoms with Crippen LogP contribution in [0.4, 0.5) is 26.3 Å². The van der Waals surface area contributed by atoms with Crippen LogP contribution >= 0.6 is 0 Å². The van der Waals surface area contributed by atoms with E-state index in [1.54, 1.807) is 0 Å². The molecule has 0 aliphatic carbocycles. The van der Waals surface area contributed by atoms with E-state index in [9.17, 15) is 31.1 Å². The highest BCUT2D eigenvalue weighted by atomic mass is 19.4. The van der Waals surface area contributed by atoms with E-state index in [2.05, 4.69) is 14.5 Å². The molecule has 11 heteroatoms. The topological polar surface area (TPSA) is 68.7 Å². The van der Waals surface area contributed by atoms with Crippen LogP contribution in [0.15, 0.2) is 12.1 Å². The SMILES string of the molecule is O=C(O)c1ccc(OCC(F)(F)F)nc1OCC(F)(F)F. The van der Waals surface area contributed by atoms with Gasteiger partial charge in [0.1, 0.15) is 5.56 Å². The molecule has 0 atom stereocenters. The molecule has 0 saturated heterocycles. The molecule has 0 aliphatic rings. The Morgan fingerprint density at radius 3 is 2.05 bits per heavy atom. The molecule has 1 aromatic rings. The zero-order valence-electron chi connectivity index (χ0n) is 9.96. The van der Waals surface area contributed by atoms with Crippen LogP contribution in [0.5, 0.6) is 11.8 Å². The van der Waals surface area contributed by atoms with Crippen molar-refractivity contribution in [3.8, 4) is 11.8 Å². The number of rotatable bonds is 5. The normalized spacial score (nSPS) is 12.1. The lowest BCUT2D eigenvalue weighted by molar-refractivity contribution is -0.155. The van der Waals surface area contributed by atoms with Crippen molar-refractivity contribution in [3.05, 3.63) is 17.7 Å². The fraction of sp³-hybridized carbons (Fsp3) is 0.400. The van der Waals surface area contributed by atoms with Gasteiger partial charge in [0, 0.05) is 6.07 Å². The third-order valence-corrected chi connectivity index (χ3v) is 1.82. The van der Waals surface area contributed by atoms with Gasteiger partial charge in [-0.15, -0.1) is 0 Å². The second kappa shape index (κ2) is 6.06. The molecule has 0 bridgehead atoms. The van der Waals surface area contributed by atoms with E-state index >= 15 is 0 Å². The first-order chi connectivity index (χ1) is 9.48. The molecular formula is C10H7F6NO4. The first kappa shape index (κ1) is 16.9. The number of hydrogen-bond donors (Lipinski definition) is 1. The molecule has 0 unspecified atom stereocenters. The first-order valence-corrected chi connectivity index (χ1v) is 5.11. The van der Waals surface area contributed by atoms with Gasteiger partial charge in [0.05, 0.1) is 0 Å². The van der Waals surface area contributed by atoms with Crippen molar-refractivity contribution in [2.24, 2.45) is 0 Å². The zero-order chi connectivity index (χ0) is 16.3. The molecule has 0 radical (unpaired) electrons. The van der Waals surface area contributed by atoms with E-state index in [1.807, 2.05) is 0 Å². The Morgan fingerprint density at radius 1 is 1.05 bits per heavy atom. The maximum absolute atomic E-state index is 12.0. The molecule has 1 rings (SSSR count). The van der Waals surface area contributed by atoms with E-state index in [0.717, 1.165) is 12.1 Å². The summed E-state index contributed by atoms with van der Waals surface area (Å²) in [6.45, 7) is -3.58. The third kappa shape index (κ3) is 6.19. The highest BCUT2D eigenvalue weighted by Gasteiger charge is 2.31. The van der Waals surface area contributed by atoms with Gasteiger partial charge >= 0.3 is 18.3 Å². The number of aromatic carboxylic acids is 1. The van der Waals surface area contributed by atoms with Gasteiger partial charge in [0.2, 0.25) is 11.8 Å². The van der Waals surface area contributed by atoms with Gasteiger partial charge in [0.25, 0.3) is 0 Å². The summed E-state index contributed by atoms with van der Waals surface area (Å²) in [5.74, 6) is -3.35. The quantitative estimate of drug-likeness (QED) is 0.845. The Hall–Kier alpha value is -2.20. The van der Waals surface area contributed by atoms with Crippen molar-refractivity contribution in [2.45, 2.75) is 12.4 Å². The van der Waals surface area contributed by atoms with Crippen molar-refractivity contribution >= 4 is 5.97 Å². The summed E-state index contributed by atoms with van der Waals surface area (Å²) in [6, 6.07) is 1.50. The average molecular weight is 319 g/mol. The molecule has 0 aromatic carbocycles. The smallest absolute Gasteiger partial charge is 0.422 e. The Kier molecular flexibility index (Phi) is 4.86. The van der Waals surface area contributed by atoms with Gasteiger partial charge in [-0.05, 0) is 6.07 Å². The predicted octanol–water partition coefficient (Wildman–Crippen LogP) is 2.66. The van der Waals surface area contributed by atoms with Crippen molar-refractivity contribution in [3.63, 3.8) is 0 Å². The van der Waals surface area contributed by atoms with Gasteiger partial charge in [-0.25, -0.2) is 4.79 Å². The molecule has 1 N–H and O–H groups in total. The first-order valence-electron chi connectivity index (χ1n) is 5.11. The summed E-state index contributed by atoms with van der Waals surface area (Å²) < 4.78 is 80.1. The van der Waals surface area contributed by atoms with E-state index in [4.69, 9.17) is 5.11 Å². The summed E-state index contributed by atoms with van der Waals surface area (Å²) in [5.41, 5.74) is -0.737. The minimum atomic E-state index is -4.76. The Morgan fingerprint density at radius 2 is 1.57 bits per heavy atom. The van der Waals surface area contributed by atoms with Crippen molar-refractivity contribution < 1.29 is 45.7 Å². The summed E-state index contributed by atoms with van der Waals surface area (Å²) >= 11 is 0. The molecule has 21 heavy (non-hydrogen) atoms. The van der Waals surface area contributed by atoms with Crippen LogP contribution < -0.4 is 9.47 Å². The van der Waals surface area contributed by atoms with Crippen molar-refractivity contribution in [1.29, 1.82) is 0 Å². The van der Waals surface area contributed by atoms with Crippen molar-refractivity contribution in [1.82, 2.24) is 4.98 Å². The standard InChI is InChI=1S/C10H7F6NO4/c11-9(12,13)3-20-6-2-1-5(8(18)19)7(17-6)21-4-10(14,15)16/h1-2H,3-4H2,(H,18,19). The van der Waals surface area contributed by atoms with Crippen LogP contribution in [0.25, 0.3) is 0 Å². The monoisotopic (exact) mass is 319 g/mol. The number of carboxylic acids is 1. The maximum Gasteiger partial charge on any atom is 0.422 e. The number of pyridine rings is 1. The Labute approximate surface area is 113 Å². The second-order valence-corrected chi connectivity index (χ2v) is 3.62. The Bertz CT molecular complexity index is 513. The number of carboxylic acid groups (broad SMARTS) is 1. The van der Waals surface area contributed by atoms with E-state index in [-0.39, 0.29) is 0 Å². The van der Waals surface area contributed by atoms with E-state index in [0.29, 0.717) is 0 Å². The minimum Gasteiger partial charge on any atom is -0.477 e. The fourth-order valence-electron chi connectivity index (χ4n) is 1.08. The average Bonchev–Trinajstić information content (AvgIpc) is 2.32. The molecule has 0 aliphatic heterocycles. The van der Waals surface area contributed by atoms with Crippen LogP contribution in [-0.2, 0) is 0 Å². The summed E-state index contributed by atoms with van der Waals surface area (Å²) in [4.78, 5) is 13.9. The summed E-state index contributed by atoms with van der Waals surface area (Å²) in [7, 11) is 0. The number of hydrogen-bond acceptors (Lipinski definition) is 4. The molecule has 0 fully saturated rings. The van der Waals surface area contributed by atoms with Gasteiger partial charge in [0.15, 0.2) is 13.2 Å². The maximum atomic E-state index is 12.0. The number of alkyl halides is 6. The Balaban J connectivity index is 2.93. The largest absolute Gasteiger partial charge is 0.477 e. The fourth-order valence-corrected chi connectivity index (χ4v) is 1.08. The number of aromatic nitrogens is 1. The van der Waals surface area contributed by atoms with E-state index in [1.165, 1.54) is 0 Å². The molecule has 0 saturated carbocycles. The van der Waals surface area contributed by atoms with Gasteiger partial charge in [-0.2, -0.15) is 31.3 Å². The molecule has 0 amide bonds. The number of nitrogens with zero attached hydrogens (tertiary/aromatic N) is 1. The van der Waals surface area contributed by atoms with Gasteiger partial charge < -0.3 is 14.6 Å². The van der Waals surface area contributed by atoms with E-state index < -0.39 is 48.9 Å². The molecule has 0 spiro atoms. The summed E-state index contributed by atoms with van der Waals surface area (Å²) in [6.07, 6.45) is -9.44. The third-order valence-electron chi connectivity index (χ3n) is 1.82. The van der Waals surface area contributed by atoms with Crippen LogP contribution in [0, 0.1) is 0 Å². The minimum absolute atomic E-state index is 0.713. The number of halogens is 6. The van der Waals surface area contributed by atoms with Crippen LogP contribution in [0.1, 0.15) is 10.4 Å². The number of ether oxygens (including phenoxy) is 2. The van der Waals surface area contributed by atoms with Gasteiger partial charge in [-0.3, -0.25) is 0 Å². The molecule has 1 heterocycles. The zero-order valence-corrected chi connectivity index (χ0v) is 9.96. The van der Waals surface area contributed by atoms with Crippen molar-refractivity contribution in [2.75, 3.05) is 13.2 Å². The summed E-state index contributed by atoms with van der Waals surface area (Å²) in [5, 5.41) is 8.72. The molecule has 5 nitrogen and oxygen atoms in total. The molecule has 1 aromatic heterocycles. The highest BCUT2D eigenvalue weighted by molar-refractivity contribution is 5.90. The predicted molar refractivity (Wildman–Crippen MR) is 54.3 cm³/mol. The van der Waals surface area contributed by atoms with Crippen LogP contribution in [-0.4, -0.2) is 41.6 Å². The molecule has 118 valence electrons. The number of carbonyl (C=O) groups is 1. The van der Waals surface area contributed by atoms with Crippen LogP contribution in [0.2, 0.25) is 0 Å². The second-order valence-electron chi connectivity index (χ2n) is 3.62. The highest BCUT2D eigenvalue weighted by Crippen LogP contribution is 2.24. The lowest BCUT2D eigenvalue weighted by Gasteiger charge is -2.12. The van der Waals surface area contributed by atoms with Gasteiger partial charge in [-0.1, -0.05) is 0 Å². The lowest BCUT2D eigenvalue weighted by atomic mass is 10.3.